The smallest absolute Gasteiger partial charge is 0.317 e. The molecule has 112 valence electrons. The number of likely N-dealkylation sites (tertiary alicyclic amines) is 1. The maximum atomic E-state index is 10.7. The molecule has 2 rings (SSSR count). The van der Waals surface area contributed by atoms with Crippen LogP contribution in [0.15, 0.2) is 6.07 Å². The van der Waals surface area contributed by atoms with Crippen molar-refractivity contribution in [1.29, 1.82) is 0 Å². The van der Waals surface area contributed by atoms with Crippen LogP contribution < -0.4 is 0 Å². The highest BCUT2D eigenvalue weighted by Gasteiger charge is 2.23. The summed E-state index contributed by atoms with van der Waals surface area (Å²) in [6, 6.07) is 2.70. The number of aliphatic carboxylic acids is 1. The maximum Gasteiger partial charge on any atom is 0.317 e. The Morgan fingerprint density at radius 3 is 2.60 bits per heavy atom. The molecule has 0 saturated carbocycles. The molecule has 1 fully saturated rings. The summed E-state index contributed by atoms with van der Waals surface area (Å²) >= 11 is 1.87. The summed E-state index contributed by atoms with van der Waals surface area (Å²) in [4.78, 5) is 18.0. The van der Waals surface area contributed by atoms with Crippen molar-refractivity contribution < 1.29 is 9.90 Å². The van der Waals surface area contributed by atoms with Crippen molar-refractivity contribution >= 4 is 17.3 Å². The van der Waals surface area contributed by atoms with E-state index >= 15 is 0 Å². The van der Waals surface area contributed by atoms with Gasteiger partial charge in [0.2, 0.25) is 0 Å². The molecule has 1 aromatic heterocycles. The third-order valence-corrected chi connectivity index (χ3v) is 5.11. The van der Waals surface area contributed by atoms with Gasteiger partial charge in [-0.3, -0.25) is 14.6 Å². The fourth-order valence-electron chi connectivity index (χ4n) is 2.94. The molecule has 1 N–H and O–H groups in total. The van der Waals surface area contributed by atoms with Gasteiger partial charge in [0.05, 0.1) is 6.54 Å². The maximum absolute atomic E-state index is 10.7. The lowest BCUT2D eigenvalue weighted by Crippen LogP contribution is -2.44. The van der Waals surface area contributed by atoms with Crippen molar-refractivity contribution in [3.05, 3.63) is 21.4 Å². The molecule has 0 atom stereocenters. The van der Waals surface area contributed by atoms with Gasteiger partial charge in [-0.1, -0.05) is 0 Å². The van der Waals surface area contributed by atoms with Crippen molar-refractivity contribution in [1.82, 2.24) is 9.80 Å². The SMILES string of the molecule is Cc1cc(CN2CCC(N(C)CC(=O)O)CC2)c(C)s1. The quantitative estimate of drug-likeness (QED) is 0.906. The molecule has 4 nitrogen and oxygen atoms in total. The van der Waals surface area contributed by atoms with Gasteiger partial charge in [0.1, 0.15) is 0 Å². The lowest BCUT2D eigenvalue weighted by Gasteiger charge is -2.36. The van der Waals surface area contributed by atoms with Crippen molar-refractivity contribution in [2.75, 3.05) is 26.7 Å². The van der Waals surface area contributed by atoms with Gasteiger partial charge in [-0.2, -0.15) is 0 Å². The summed E-state index contributed by atoms with van der Waals surface area (Å²) in [6.45, 7) is 7.65. The van der Waals surface area contributed by atoms with E-state index < -0.39 is 5.97 Å². The number of carbonyl (C=O) groups is 1. The second-order valence-corrected chi connectivity index (χ2v) is 7.22. The second-order valence-electron chi connectivity index (χ2n) is 5.75. The zero-order valence-corrected chi connectivity index (χ0v) is 13.4. The Morgan fingerprint density at radius 1 is 1.45 bits per heavy atom. The van der Waals surface area contributed by atoms with Crippen LogP contribution in [0.5, 0.6) is 0 Å². The van der Waals surface area contributed by atoms with E-state index in [0.29, 0.717) is 6.04 Å². The highest BCUT2D eigenvalue weighted by atomic mass is 32.1. The molecule has 2 heterocycles. The highest BCUT2D eigenvalue weighted by molar-refractivity contribution is 7.12. The summed E-state index contributed by atoms with van der Waals surface area (Å²) in [7, 11) is 1.92. The predicted octanol–water partition coefficient (Wildman–Crippen LogP) is 2.35. The van der Waals surface area contributed by atoms with Crippen LogP contribution in [0, 0.1) is 13.8 Å². The largest absolute Gasteiger partial charge is 0.480 e. The molecule has 0 unspecified atom stereocenters. The first kappa shape index (κ1) is 15.5. The van der Waals surface area contributed by atoms with E-state index in [4.69, 9.17) is 5.11 Å². The van der Waals surface area contributed by atoms with Gasteiger partial charge >= 0.3 is 5.97 Å². The van der Waals surface area contributed by atoms with Crippen LogP contribution in [0.3, 0.4) is 0 Å². The number of carboxylic acid groups (broad SMARTS) is 1. The molecule has 1 aliphatic rings. The fraction of sp³-hybridized carbons (Fsp3) is 0.667. The number of likely N-dealkylation sites (N-methyl/N-ethyl adjacent to an activating group) is 1. The minimum absolute atomic E-state index is 0.146. The number of nitrogens with zero attached hydrogens (tertiary/aromatic N) is 2. The third kappa shape index (κ3) is 4.04. The number of rotatable bonds is 5. The number of carboxylic acids is 1. The van der Waals surface area contributed by atoms with Crippen LogP contribution in [0.2, 0.25) is 0 Å². The lowest BCUT2D eigenvalue weighted by molar-refractivity contribution is -0.138. The second kappa shape index (κ2) is 6.70. The van der Waals surface area contributed by atoms with E-state index in [1.54, 1.807) is 0 Å². The molecule has 20 heavy (non-hydrogen) atoms. The number of aryl methyl sites for hydroxylation is 2. The normalized spacial score (nSPS) is 17.8. The molecule has 0 aliphatic carbocycles. The van der Waals surface area contributed by atoms with E-state index in [0.717, 1.165) is 32.5 Å². The van der Waals surface area contributed by atoms with Crippen molar-refractivity contribution in [2.24, 2.45) is 0 Å². The van der Waals surface area contributed by atoms with Crippen LogP contribution in [0.4, 0.5) is 0 Å². The molecular formula is C15H24N2O2S. The van der Waals surface area contributed by atoms with Gasteiger partial charge in [-0.15, -0.1) is 11.3 Å². The Labute approximate surface area is 125 Å². The molecule has 1 aromatic rings. The zero-order chi connectivity index (χ0) is 14.7. The summed E-state index contributed by atoms with van der Waals surface area (Å²) in [5, 5.41) is 8.84. The molecule has 0 amide bonds. The first-order valence-corrected chi connectivity index (χ1v) is 7.97. The molecule has 0 radical (unpaired) electrons. The molecular weight excluding hydrogens is 272 g/mol. The van der Waals surface area contributed by atoms with Gasteiger partial charge in [0, 0.05) is 22.3 Å². The molecule has 0 bridgehead atoms. The fourth-order valence-corrected chi connectivity index (χ4v) is 3.88. The average Bonchev–Trinajstić information content (AvgIpc) is 2.68. The minimum atomic E-state index is -0.737. The minimum Gasteiger partial charge on any atom is -0.480 e. The topological polar surface area (TPSA) is 43.8 Å². The van der Waals surface area contributed by atoms with Gasteiger partial charge in [0.25, 0.3) is 0 Å². The molecule has 1 saturated heterocycles. The van der Waals surface area contributed by atoms with Gasteiger partial charge < -0.3 is 5.11 Å². The average molecular weight is 296 g/mol. The standard InChI is InChI=1S/C15H24N2O2S/c1-11-8-13(12(2)20-11)9-17-6-4-14(5-7-17)16(3)10-15(18)19/h8,14H,4-7,9-10H2,1-3H3,(H,18,19). The van der Waals surface area contributed by atoms with Crippen molar-refractivity contribution in [3.8, 4) is 0 Å². The van der Waals surface area contributed by atoms with Crippen LogP contribution in [0.1, 0.15) is 28.2 Å². The Balaban J connectivity index is 1.82. The Morgan fingerprint density at radius 2 is 2.10 bits per heavy atom. The van der Waals surface area contributed by atoms with Crippen molar-refractivity contribution in [2.45, 2.75) is 39.3 Å². The van der Waals surface area contributed by atoms with Crippen LogP contribution in [-0.2, 0) is 11.3 Å². The Kier molecular flexibility index (Phi) is 5.18. The summed E-state index contributed by atoms with van der Waals surface area (Å²) in [5.41, 5.74) is 1.45. The first-order chi connectivity index (χ1) is 9.45. The number of hydrogen-bond donors (Lipinski definition) is 1. The van der Waals surface area contributed by atoms with E-state index in [2.05, 4.69) is 24.8 Å². The first-order valence-electron chi connectivity index (χ1n) is 7.16. The number of hydrogen-bond acceptors (Lipinski definition) is 4. The number of piperidine rings is 1. The van der Waals surface area contributed by atoms with Gasteiger partial charge in [0.15, 0.2) is 0 Å². The van der Waals surface area contributed by atoms with E-state index in [1.807, 2.05) is 23.3 Å². The molecule has 0 spiro atoms. The summed E-state index contributed by atoms with van der Waals surface area (Å²) < 4.78 is 0. The zero-order valence-electron chi connectivity index (χ0n) is 12.6. The summed E-state index contributed by atoms with van der Waals surface area (Å²) in [6.07, 6.45) is 2.12. The Hall–Kier alpha value is -0.910. The van der Waals surface area contributed by atoms with Gasteiger partial charge in [-0.05, 0) is 58.5 Å². The van der Waals surface area contributed by atoms with Crippen LogP contribution in [0.25, 0.3) is 0 Å². The van der Waals surface area contributed by atoms with Crippen LogP contribution in [-0.4, -0.2) is 53.6 Å². The third-order valence-electron chi connectivity index (χ3n) is 4.10. The summed E-state index contributed by atoms with van der Waals surface area (Å²) in [5.74, 6) is -0.737. The van der Waals surface area contributed by atoms with Crippen molar-refractivity contribution in [3.63, 3.8) is 0 Å². The van der Waals surface area contributed by atoms with E-state index in [1.165, 1.54) is 15.3 Å². The molecule has 5 heteroatoms. The number of thiophene rings is 1. The van der Waals surface area contributed by atoms with Gasteiger partial charge in [-0.25, -0.2) is 0 Å². The van der Waals surface area contributed by atoms with E-state index in [9.17, 15) is 4.79 Å². The monoisotopic (exact) mass is 296 g/mol. The predicted molar refractivity (Wildman–Crippen MR) is 82.4 cm³/mol. The Bertz CT molecular complexity index is 464. The lowest BCUT2D eigenvalue weighted by atomic mass is 10.0. The highest BCUT2D eigenvalue weighted by Crippen LogP contribution is 2.24. The van der Waals surface area contributed by atoms with E-state index in [-0.39, 0.29) is 6.54 Å². The molecule has 1 aliphatic heterocycles. The van der Waals surface area contributed by atoms with Crippen LogP contribution >= 0.6 is 11.3 Å². The molecule has 0 aromatic carbocycles.